The van der Waals surface area contributed by atoms with Gasteiger partial charge in [-0.2, -0.15) is 8.42 Å². The molecule has 0 fully saturated rings. The van der Waals surface area contributed by atoms with E-state index in [2.05, 4.69) is 9.50 Å². The Bertz CT molecular complexity index is 777. The molecule has 0 amide bonds. The van der Waals surface area contributed by atoms with Crippen molar-refractivity contribution < 1.29 is 17.5 Å². The molecule has 0 saturated carbocycles. The Hall–Kier alpha value is -2.21. The number of rotatable bonds is 6. The van der Waals surface area contributed by atoms with Gasteiger partial charge in [0, 0.05) is 20.6 Å². The normalized spacial score (nSPS) is 11.4. The highest BCUT2D eigenvalue weighted by molar-refractivity contribution is 7.85. The third-order valence-corrected chi connectivity index (χ3v) is 3.11. The van der Waals surface area contributed by atoms with Crippen LogP contribution in [0.1, 0.15) is 0 Å². The highest BCUT2D eigenvalue weighted by atomic mass is 32.2. The fourth-order valence-corrected chi connectivity index (χ4v) is 1.94. The smallest absolute Gasteiger partial charge is 0.363 e. The van der Waals surface area contributed by atoms with Gasteiger partial charge in [0.1, 0.15) is 0 Å². The van der Waals surface area contributed by atoms with Gasteiger partial charge in [0.25, 0.3) is 10.1 Å². The molecule has 0 radical (unpaired) electrons. The van der Waals surface area contributed by atoms with Crippen LogP contribution in [0, 0.1) is 10.1 Å². The monoisotopic (exact) mass is 322 g/mol. The van der Waals surface area contributed by atoms with Crippen molar-refractivity contribution in [2.24, 2.45) is 14.1 Å². The summed E-state index contributed by atoms with van der Waals surface area (Å²) in [5, 5.41) is 13.4. The van der Waals surface area contributed by atoms with Gasteiger partial charge in [0.05, 0.1) is 17.8 Å². The van der Waals surface area contributed by atoms with Crippen LogP contribution in [0.3, 0.4) is 0 Å². The number of hydrogen-bond donors (Lipinski definition) is 1. The van der Waals surface area contributed by atoms with E-state index in [1.54, 1.807) is 0 Å². The van der Waals surface area contributed by atoms with Crippen LogP contribution in [0.4, 0.5) is 11.5 Å². The van der Waals surface area contributed by atoms with Crippen LogP contribution in [0.5, 0.6) is 0 Å². The topological polar surface area (TPSA) is 143 Å². The maximum Gasteiger partial charge on any atom is 0.374 e. The van der Waals surface area contributed by atoms with Crippen molar-refractivity contribution in [1.29, 1.82) is 0 Å². The van der Waals surface area contributed by atoms with Crippen molar-refractivity contribution in [3.05, 3.63) is 31.0 Å². The molecule has 118 valence electrons. The zero-order chi connectivity index (χ0) is 16.4. The molecule has 0 saturated heterocycles. The second-order valence-corrected chi connectivity index (χ2v) is 5.76. The molecule has 0 unspecified atom stereocenters. The molecular formula is C9H14N4O7S. The fraction of sp³-hybridized carbons (Fsp3) is 0.556. The number of anilines is 1. The first kappa shape index (κ1) is 16.8. The summed E-state index contributed by atoms with van der Waals surface area (Å²) in [4.78, 5) is 33.5. The Labute approximate surface area is 119 Å². The lowest BCUT2D eigenvalue weighted by Gasteiger charge is -2.11. The number of aromatic nitrogens is 2. The Balaban J connectivity index is 3.15. The first-order chi connectivity index (χ1) is 9.56. The van der Waals surface area contributed by atoms with Crippen LogP contribution >= 0.6 is 0 Å². The van der Waals surface area contributed by atoms with Gasteiger partial charge >= 0.3 is 16.9 Å². The first-order valence-electron chi connectivity index (χ1n) is 5.59. The summed E-state index contributed by atoms with van der Waals surface area (Å²) in [5.74, 6) is -0.315. The maximum absolute atomic E-state index is 11.7. The fourth-order valence-electron chi connectivity index (χ4n) is 1.56. The molecule has 0 atom stereocenters. The molecule has 1 aromatic heterocycles. The summed E-state index contributed by atoms with van der Waals surface area (Å²) >= 11 is 0. The highest BCUT2D eigenvalue weighted by Crippen LogP contribution is 2.16. The van der Waals surface area contributed by atoms with E-state index in [0.29, 0.717) is 4.57 Å². The van der Waals surface area contributed by atoms with Crippen LogP contribution in [0.15, 0.2) is 9.59 Å². The van der Waals surface area contributed by atoms with Gasteiger partial charge < -0.3 is 5.32 Å². The van der Waals surface area contributed by atoms with E-state index in [1.807, 2.05) is 0 Å². The molecule has 1 N–H and O–H groups in total. The lowest BCUT2D eigenvalue weighted by molar-refractivity contribution is -0.386. The molecule has 0 aliphatic carbocycles. The van der Waals surface area contributed by atoms with E-state index in [1.165, 1.54) is 7.05 Å². The van der Waals surface area contributed by atoms with Crippen molar-refractivity contribution in [2.75, 3.05) is 24.7 Å². The summed E-state index contributed by atoms with van der Waals surface area (Å²) in [5.41, 5.74) is -2.62. The first-order valence-corrected chi connectivity index (χ1v) is 7.40. The molecule has 0 aliphatic rings. The summed E-state index contributed by atoms with van der Waals surface area (Å²) < 4.78 is 27.5. The Morgan fingerprint density at radius 3 is 2.33 bits per heavy atom. The third kappa shape index (κ3) is 3.88. The average Bonchev–Trinajstić information content (AvgIpc) is 2.36. The van der Waals surface area contributed by atoms with Crippen molar-refractivity contribution in [3.63, 3.8) is 0 Å². The number of nitrogens with zero attached hydrogens (tertiary/aromatic N) is 3. The van der Waals surface area contributed by atoms with Gasteiger partial charge in [-0.25, -0.2) is 4.79 Å². The molecule has 0 bridgehead atoms. The molecule has 12 heteroatoms. The number of hydrogen-bond acceptors (Lipinski definition) is 8. The third-order valence-electron chi connectivity index (χ3n) is 2.52. The van der Waals surface area contributed by atoms with E-state index < -0.39 is 32.0 Å². The van der Waals surface area contributed by atoms with Gasteiger partial charge in [0.2, 0.25) is 0 Å². The van der Waals surface area contributed by atoms with Crippen LogP contribution in [0.25, 0.3) is 0 Å². The predicted molar refractivity (Wildman–Crippen MR) is 72.9 cm³/mol. The van der Waals surface area contributed by atoms with Crippen LogP contribution in [0.2, 0.25) is 0 Å². The van der Waals surface area contributed by atoms with Crippen molar-refractivity contribution in [1.82, 2.24) is 9.13 Å². The summed E-state index contributed by atoms with van der Waals surface area (Å²) in [7, 11) is -1.28. The van der Waals surface area contributed by atoms with Crippen molar-refractivity contribution >= 4 is 21.6 Å². The molecule has 11 nitrogen and oxygen atoms in total. The second kappa shape index (κ2) is 6.05. The SMILES string of the molecule is Cn1c(NCCOS(C)(=O)=O)c([N+](=O)[O-])c(=O)n(C)c1=O. The van der Waals surface area contributed by atoms with Gasteiger partial charge in [-0.05, 0) is 0 Å². The second-order valence-electron chi connectivity index (χ2n) is 4.11. The van der Waals surface area contributed by atoms with Gasteiger partial charge in [0.15, 0.2) is 5.82 Å². The molecule has 1 heterocycles. The molecule has 0 aliphatic heterocycles. The van der Waals surface area contributed by atoms with E-state index in [9.17, 15) is 28.1 Å². The van der Waals surface area contributed by atoms with Crippen molar-refractivity contribution in [3.8, 4) is 0 Å². The molecule has 0 spiro atoms. The Kier molecular flexibility index (Phi) is 4.85. The lowest BCUT2D eigenvalue weighted by atomic mass is 10.4. The summed E-state index contributed by atoms with van der Waals surface area (Å²) in [6.45, 7) is -0.451. The predicted octanol–water partition coefficient (Wildman–Crippen LogP) is -1.62. The van der Waals surface area contributed by atoms with E-state index in [4.69, 9.17) is 0 Å². The Morgan fingerprint density at radius 1 is 1.29 bits per heavy atom. The minimum absolute atomic E-state index is 0.144. The average molecular weight is 322 g/mol. The van der Waals surface area contributed by atoms with Gasteiger partial charge in [-0.1, -0.05) is 0 Å². The van der Waals surface area contributed by atoms with Crippen molar-refractivity contribution in [2.45, 2.75) is 0 Å². The van der Waals surface area contributed by atoms with E-state index >= 15 is 0 Å². The van der Waals surface area contributed by atoms with E-state index in [0.717, 1.165) is 17.9 Å². The molecular weight excluding hydrogens is 308 g/mol. The number of nitrogens with one attached hydrogen (secondary N) is 1. The molecule has 0 aromatic carbocycles. The quantitative estimate of drug-likeness (QED) is 0.285. The zero-order valence-electron chi connectivity index (χ0n) is 11.5. The lowest BCUT2D eigenvalue weighted by Crippen LogP contribution is -2.39. The van der Waals surface area contributed by atoms with Crippen LogP contribution in [-0.2, 0) is 28.4 Å². The summed E-state index contributed by atoms with van der Waals surface area (Å²) in [6, 6.07) is 0. The summed E-state index contributed by atoms with van der Waals surface area (Å²) in [6.07, 6.45) is 0.851. The van der Waals surface area contributed by atoms with Crippen LogP contribution < -0.4 is 16.6 Å². The maximum atomic E-state index is 11.7. The molecule has 1 aromatic rings. The minimum atomic E-state index is -3.65. The molecule has 1 rings (SSSR count). The highest BCUT2D eigenvalue weighted by Gasteiger charge is 2.25. The zero-order valence-corrected chi connectivity index (χ0v) is 12.3. The standard InChI is InChI=1S/C9H14N4O7S/c1-11-7(10-4-5-20-21(3,18)19)6(13(16)17)8(14)12(2)9(11)15/h10H,4-5H2,1-3H3. The van der Waals surface area contributed by atoms with E-state index in [-0.39, 0.29) is 19.0 Å². The van der Waals surface area contributed by atoms with Gasteiger partial charge in [-0.15, -0.1) is 0 Å². The number of nitro groups is 1. The van der Waals surface area contributed by atoms with Gasteiger partial charge in [-0.3, -0.25) is 28.2 Å². The largest absolute Gasteiger partial charge is 0.374 e. The molecule has 21 heavy (non-hydrogen) atoms. The Morgan fingerprint density at radius 2 is 1.86 bits per heavy atom. The van der Waals surface area contributed by atoms with Crippen LogP contribution in [-0.4, -0.2) is 41.9 Å². The minimum Gasteiger partial charge on any atom is -0.363 e.